The van der Waals surface area contributed by atoms with E-state index < -0.39 is 0 Å². The Kier molecular flexibility index (Phi) is 7.82. The highest BCUT2D eigenvalue weighted by molar-refractivity contribution is 6.30. The highest BCUT2D eigenvalue weighted by Gasteiger charge is 2.36. The molecule has 0 fully saturated rings. The van der Waals surface area contributed by atoms with Gasteiger partial charge >= 0.3 is 0 Å². The van der Waals surface area contributed by atoms with Gasteiger partial charge in [0.2, 0.25) is 0 Å². The maximum Gasteiger partial charge on any atom is 0.119 e. The third kappa shape index (κ3) is 5.16. The van der Waals surface area contributed by atoms with Crippen LogP contribution in [0.1, 0.15) is 25.0 Å². The van der Waals surface area contributed by atoms with Crippen molar-refractivity contribution in [3.8, 4) is 45.5 Å². The van der Waals surface area contributed by atoms with Crippen molar-refractivity contribution in [1.82, 2.24) is 9.13 Å². The zero-order valence-electron chi connectivity index (χ0n) is 37.0. The summed E-state index contributed by atoms with van der Waals surface area (Å²) in [6.45, 7) is 4.75. The number of hydrogen-bond acceptors (Lipinski definition) is 4. The predicted molar refractivity (Wildman–Crippen MR) is 269 cm³/mol. The normalized spacial score (nSPS) is 13.2. The lowest BCUT2D eigenvalue weighted by Crippen LogP contribution is -2.16. The molecule has 0 unspecified atom stereocenters. The van der Waals surface area contributed by atoms with Crippen LogP contribution in [0.25, 0.3) is 109 Å². The van der Waals surface area contributed by atoms with E-state index in [1.165, 1.54) is 65.3 Å². The van der Waals surface area contributed by atoms with E-state index in [1.807, 2.05) is 24.3 Å². The van der Waals surface area contributed by atoms with Gasteiger partial charge in [0.25, 0.3) is 0 Å². The molecule has 2 heterocycles. The predicted octanol–water partition coefficient (Wildman–Crippen LogP) is 14.8. The van der Waals surface area contributed by atoms with Crippen LogP contribution in [0.5, 0.6) is 23.0 Å². The third-order valence-corrected chi connectivity index (χ3v) is 14.4. The smallest absolute Gasteiger partial charge is 0.119 e. The molecule has 13 rings (SSSR count). The summed E-state index contributed by atoms with van der Waals surface area (Å²) < 4.78 is 28.1. The van der Waals surface area contributed by atoms with E-state index in [9.17, 15) is 0 Å². The molecular formula is C59H44N2O4. The van der Waals surface area contributed by atoms with Crippen molar-refractivity contribution in [3.63, 3.8) is 0 Å². The SMILES string of the molecule is COc1ccc2ccc3c(c2c1)c1c2cc(OC)ccc2ccc1n3-c1ccc2c(c1)C(C)(C)c1cc(-n3c4ccc5ccc(OC)cc5c4c4c5cc(OC)ccc5ccc43)ccc1-2. The average molecular weight is 845 g/mol. The molecule has 0 saturated carbocycles. The van der Waals surface area contributed by atoms with Crippen LogP contribution in [0.2, 0.25) is 0 Å². The van der Waals surface area contributed by atoms with Crippen LogP contribution in [0, 0.1) is 0 Å². The van der Waals surface area contributed by atoms with Gasteiger partial charge in [0.05, 0.1) is 50.5 Å². The molecule has 0 spiro atoms. The Morgan fingerprint density at radius 3 is 0.877 bits per heavy atom. The van der Waals surface area contributed by atoms with Gasteiger partial charge in [-0.25, -0.2) is 0 Å². The molecule has 314 valence electrons. The van der Waals surface area contributed by atoms with Crippen molar-refractivity contribution in [3.05, 3.63) is 169 Å². The maximum absolute atomic E-state index is 5.79. The molecule has 0 aliphatic heterocycles. The number of ether oxygens (including phenoxy) is 4. The van der Waals surface area contributed by atoms with Gasteiger partial charge in [0.15, 0.2) is 0 Å². The van der Waals surface area contributed by atoms with Gasteiger partial charge in [-0.15, -0.1) is 0 Å². The minimum Gasteiger partial charge on any atom is -0.497 e. The van der Waals surface area contributed by atoms with Crippen molar-refractivity contribution in [2.75, 3.05) is 28.4 Å². The Morgan fingerprint density at radius 1 is 0.323 bits per heavy atom. The zero-order chi connectivity index (χ0) is 43.9. The quantitative estimate of drug-likeness (QED) is 0.167. The summed E-state index contributed by atoms with van der Waals surface area (Å²) in [6.07, 6.45) is 0. The summed E-state index contributed by atoms with van der Waals surface area (Å²) in [5, 5.41) is 14.1. The van der Waals surface area contributed by atoms with E-state index in [0.717, 1.165) is 78.0 Å². The van der Waals surface area contributed by atoms with Crippen LogP contribution in [0.3, 0.4) is 0 Å². The number of methoxy groups -OCH3 is 4. The van der Waals surface area contributed by atoms with Crippen molar-refractivity contribution < 1.29 is 18.9 Å². The summed E-state index contributed by atoms with van der Waals surface area (Å²) in [7, 11) is 6.94. The van der Waals surface area contributed by atoms with Crippen LogP contribution in [-0.4, -0.2) is 37.6 Å². The molecule has 1 aliphatic rings. The molecule has 12 aromatic rings. The number of hydrogen-bond donors (Lipinski definition) is 0. The van der Waals surface area contributed by atoms with Crippen LogP contribution in [0.15, 0.2) is 158 Å². The minimum atomic E-state index is -0.297. The van der Waals surface area contributed by atoms with Gasteiger partial charge in [-0.3, -0.25) is 0 Å². The lowest BCUT2D eigenvalue weighted by Gasteiger charge is -2.23. The molecular weight excluding hydrogens is 801 g/mol. The summed E-state index contributed by atoms with van der Waals surface area (Å²) >= 11 is 0. The van der Waals surface area contributed by atoms with Gasteiger partial charge < -0.3 is 28.1 Å². The van der Waals surface area contributed by atoms with Gasteiger partial charge in [0, 0.05) is 38.3 Å². The average Bonchev–Trinajstić information content (AvgIpc) is 3.96. The second kappa shape index (κ2) is 13.5. The Labute approximate surface area is 375 Å². The Bertz CT molecular complexity index is 3580. The monoisotopic (exact) mass is 844 g/mol. The number of fused-ring (bicyclic) bond motifs is 17. The molecule has 6 nitrogen and oxygen atoms in total. The highest BCUT2D eigenvalue weighted by atomic mass is 16.5. The Hall–Kier alpha value is -7.96. The van der Waals surface area contributed by atoms with E-state index in [-0.39, 0.29) is 5.41 Å². The van der Waals surface area contributed by atoms with Gasteiger partial charge in [-0.2, -0.15) is 0 Å². The van der Waals surface area contributed by atoms with E-state index in [4.69, 9.17) is 18.9 Å². The van der Waals surface area contributed by atoms with Gasteiger partial charge in [-0.1, -0.05) is 74.5 Å². The lowest BCUT2D eigenvalue weighted by molar-refractivity contribution is 0.415. The first-order valence-corrected chi connectivity index (χ1v) is 22.1. The molecule has 2 aromatic heterocycles. The van der Waals surface area contributed by atoms with Crippen molar-refractivity contribution >= 4 is 86.7 Å². The first-order valence-electron chi connectivity index (χ1n) is 22.1. The van der Waals surface area contributed by atoms with Gasteiger partial charge in [0.1, 0.15) is 23.0 Å². The molecule has 0 saturated heterocycles. The molecule has 65 heavy (non-hydrogen) atoms. The molecule has 0 N–H and O–H groups in total. The number of nitrogens with zero attached hydrogens (tertiary/aromatic N) is 2. The second-order valence-corrected chi connectivity index (χ2v) is 17.9. The standard InChI is InChI=1S/C59H44N2O4/c1-59(2)49-27-37(60-51-23-11-33-7-17-39(62-3)29-45(33)55(51)56-46-30-40(63-4)18-8-34(46)12-24-52(56)60)15-21-43(49)44-22-16-38(28-50(44)59)61-53-25-13-35-9-19-41(64-5)31-47(35)57(53)58-48-32-42(65-6)20-10-36(48)14-26-54(58)61/h7-32H,1-6H3. The van der Waals surface area contributed by atoms with E-state index in [1.54, 1.807) is 28.4 Å². The fraction of sp³-hybridized carbons (Fsp3) is 0.119. The van der Waals surface area contributed by atoms with Gasteiger partial charge in [-0.05, 0) is 162 Å². The zero-order valence-corrected chi connectivity index (χ0v) is 37.0. The van der Waals surface area contributed by atoms with Crippen LogP contribution in [-0.2, 0) is 5.41 Å². The van der Waals surface area contributed by atoms with Crippen LogP contribution < -0.4 is 18.9 Å². The minimum absolute atomic E-state index is 0.297. The summed E-state index contributed by atoms with van der Waals surface area (Å²) in [6, 6.07) is 57.7. The largest absolute Gasteiger partial charge is 0.497 e. The lowest BCUT2D eigenvalue weighted by atomic mass is 9.82. The number of rotatable bonds is 6. The van der Waals surface area contributed by atoms with Crippen molar-refractivity contribution in [2.45, 2.75) is 19.3 Å². The van der Waals surface area contributed by atoms with E-state index in [0.29, 0.717) is 0 Å². The van der Waals surface area contributed by atoms with Crippen LogP contribution in [0.4, 0.5) is 0 Å². The first kappa shape index (κ1) is 37.6. The fourth-order valence-electron chi connectivity index (χ4n) is 11.3. The summed E-state index contributed by atoms with van der Waals surface area (Å²) in [5.41, 5.74) is 11.7. The van der Waals surface area contributed by atoms with E-state index in [2.05, 4.69) is 156 Å². The second-order valence-electron chi connectivity index (χ2n) is 17.9. The molecule has 1 aliphatic carbocycles. The number of aromatic nitrogens is 2. The Balaban J connectivity index is 1.03. The highest BCUT2D eigenvalue weighted by Crippen LogP contribution is 2.52. The topological polar surface area (TPSA) is 46.8 Å². The molecule has 6 heteroatoms. The molecule has 0 amide bonds. The summed E-state index contributed by atoms with van der Waals surface area (Å²) in [4.78, 5) is 0. The summed E-state index contributed by atoms with van der Waals surface area (Å²) in [5.74, 6) is 3.35. The Morgan fingerprint density at radius 2 is 0.600 bits per heavy atom. The fourth-order valence-corrected chi connectivity index (χ4v) is 11.3. The van der Waals surface area contributed by atoms with Crippen molar-refractivity contribution in [2.24, 2.45) is 0 Å². The third-order valence-electron chi connectivity index (χ3n) is 14.4. The molecule has 10 aromatic carbocycles. The first-order chi connectivity index (χ1) is 31.8. The van der Waals surface area contributed by atoms with E-state index >= 15 is 0 Å². The maximum atomic E-state index is 5.79. The van der Waals surface area contributed by atoms with Crippen LogP contribution >= 0.6 is 0 Å². The molecule has 0 atom stereocenters. The molecule has 0 bridgehead atoms. The molecule has 0 radical (unpaired) electrons. The van der Waals surface area contributed by atoms with Crippen molar-refractivity contribution in [1.29, 1.82) is 0 Å². The number of benzene rings is 10.